The van der Waals surface area contributed by atoms with Crippen LogP contribution in [0.25, 0.3) is 0 Å². The van der Waals surface area contributed by atoms with Crippen LogP contribution < -0.4 is 16.6 Å². The largest absolute Gasteiger partial charge is 0.347 e. The summed E-state index contributed by atoms with van der Waals surface area (Å²) in [5, 5.41) is 3.47. The molecule has 0 radical (unpaired) electrons. The van der Waals surface area contributed by atoms with Crippen LogP contribution in [0.2, 0.25) is 10.0 Å². The van der Waals surface area contributed by atoms with Gasteiger partial charge in [0.25, 0.3) is 0 Å². The molecule has 4 N–H and O–H groups in total. The highest BCUT2D eigenvalue weighted by atomic mass is 35.5. The zero-order valence-electron chi connectivity index (χ0n) is 8.80. The van der Waals surface area contributed by atoms with Crippen molar-refractivity contribution >= 4 is 35.0 Å². The Balaban J connectivity index is 2.46. The van der Waals surface area contributed by atoms with Crippen LogP contribution in [0, 0.1) is 0 Å². The van der Waals surface area contributed by atoms with Crippen molar-refractivity contribution in [3.05, 3.63) is 33.8 Å². The normalized spacial score (nSPS) is 9.82. The van der Waals surface area contributed by atoms with Crippen molar-refractivity contribution in [3.8, 4) is 0 Å². The summed E-state index contributed by atoms with van der Waals surface area (Å²) in [5.74, 6) is 3.14. The van der Waals surface area contributed by atoms with E-state index in [9.17, 15) is 9.59 Å². The molecule has 1 rings (SSSR count). The summed E-state index contributed by atoms with van der Waals surface area (Å²) >= 11 is 11.7. The van der Waals surface area contributed by atoms with Gasteiger partial charge in [-0.1, -0.05) is 29.3 Å². The van der Waals surface area contributed by atoms with Gasteiger partial charge in [0, 0.05) is 16.6 Å². The summed E-state index contributed by atoms with van der Waals surface area (Å²) in [5.41, 5.74) is 2.58. The lowest BCUT2D eigenvalue weighted by atomic mass is 10.1. The number of carbonyl (C=O) groups is 2. The third-order valence-corrected chi connectivity index (χ3v) is 2.62. The van der Waals surface area contributed by atoms with Gasteiger partial charge in [-0.25, -0.2) is 5.84 Å². The van der Waals surface area contributed by atoms with Crippen LogP contribution in [-0.4, -0.2) is 18.4 Å². The molecule has 0 heterocycles. The number of hydrogen-bond acceptors (Lipinski definition) is 3. The van der Waals surface area contributed by atoms with Crippen LogP contribution in [0.5, 0.6) is 0 Å². The molecule has 0 saturated heterocycles. The second-order valence-electron chi connectivity index (χ2n) is 3.22. The highest BCUT2D eigenvalue weighted by Crippen LogP contribution is 2.20. The van der Waals surface area contributed by atoms with Crippen molar-refractivity contribution in [2.24, 2.45) is 5.84 Å². The van der Waals surface area contributed by atoms with Crippen LogP contribution in [0.3, 0.4) is 0 Å². The van der Waals surface area contributed by atoms with E-state index in [4.69, 9.17) is 29.0 Å². The highest BCUT2D eigenvalue weighted by Gasteiger charge is 2.10. The summed E-state index contributed by atoms with van der Waals surface area (Å²) in [7, 11) is 0. The summed E-state index contributed by atoms with van der Waals surface area (Å²) < 4.78 is 0. The Morgan fingerprint density at radius 3 is 2.53 bits per heavy atom. The van der Waals surface area contributed by atoms with Gasteiger partial charge in [0.1, 0.15) is 0 Å². The molecule has 1 aromatic carbocycles. The smallest absolute Gasteiger partial charge is 0.323 e. The van der Waals surface area contributed by atoms with Crippen LogP contribution in [-0.2, 0) is 16.0 Å². The fourth-order valence-electron chi connectivity index (χ4n) is 1.18. The van der Waals surface area contributed by atoms with Gasteiger partial charge < -0.3 is 5.32 Å². The number of nitrogens with one attached hydrogen (secondary N) is 2. The van der Waals surface area contributed by atoms with Crippen molar-refractivity contribution in [1.29, 1.82) is 0 Å². The van der Waals surface area contributed by atoms with Gasteiger partial charge in [-0.05, 0) is 24.1 Å². The topological polar surface area (TPSA) is 84.2 Å². The number of hydrazine groups is 1. The second kappa shape index (κ2) is 6.44. The molecule has 0 unspecified atom stereocenters. The van der Waals surface area contributed by atoms with Crippen LogP contribution >= 0.6 is 23.2 Å². The molecule has 7 heteroatoms. The van der Waals surface area contributed by atoms with Crippen molar-refractivity contribution in [2.75, 3.05) is 6.54 Å². The molecule has 5 nitrogen and oxygen atoms in total. The maximum atomic E-state index is 11.0. The lowest BCUT2D eigenvalue weighted by molar-refractivity contribution is -0.139. The van der Waals surface area contributed by atoms with Gasteiger partial charge in [-0.3, -0.25) is 15.0 Å². The maximum absolute atomic E-state index is 11.0. The molecule has 0 saturated carbocycles. The van der Waals surface area contributed by atoms with E-state index in [0.29, 0.717) is 16.5 Å². The monoisotopic (exact) mass is 275 g/mol. The van der Waals surface area contributed by atoms with Gasteiger partial charge in [0.05, 0.1) is 0 Å². The molecule has 0 aliphatic carbocycles. The van der Waals surface area contributed by atoms with E-state index in [2.05, 4.69) is 5.32 Å². The van der Waals surface area contributed by atoms with Gasteiger partial charge in [-0.2, -0.15) is 0 Å². The first kappa shape index (κ1) is 13.8. The quantitative estimate of drug-likeness (QED) is 0.328. The van der Waals surface area contributed by atoms with E-state index < -0.39 is 11.8 Å². The molecule has 17 heavy (non-hydrogen) atoms. The number of amides is 2. The molecule has 0 spiro atoms. The Morgan fingerprint density at radius 2 is 1.94 bits per heavy atom. The fourth-order valence-corrected chi connectivity index (χ4v) is 1.68. The van der Waals surface area contributed by atoms with E-state index in [1.165, 1.54) is 0 Å². The minimum Gasteiger partial charge on any atom is -0.347 e. The third-order valence-electron chi connectivity index (χ3n) is 2.03. The van der Waals surface area contributed by atoms with E-state index >= 15 is 0 Å². The summed E-state index contributed by atoms with van der Waals surface area (Å²) in [6.07, 6.45) is 0.500. The molecule has 0 aromatic heterocycles. The molecule has 0 aliphatic heterocycles. The molecule has 0 atom stereocenters. The predicted molar refractivity (Wildman–Crippen MR) is 65.5 cm³/mol. The Morgan fingerprint density at radius 1 is 1.24 bits per heavy atom. The number of rotatable bonds is 3. The molecule has 92 valence electrons. The van der Waals surface area contributed by atoms with Crippen LogP contribution in [0.1, 0.15) is 5.56 Å². The average molecular weight is 276 g/mol. The first-order chi connectivity index (χ1) is 8.04. The van der Waals surface area contributed by atoms with Crippen molar-refractivity contribution in [2.45, 2.75) is 6.42 Å². The van der Waals surface area contributed by atoms with E-state index in [1.54, 1.807) is 23.6 Å². The molecule has 0 aliphatic rings. The minimum atomic E-state index is -0.882. The van der Waals surface area contributed by atoms with E-state index in [1.807, 2.05) is 0 Å². The Labute approximate surface area is 108 Å². The molecular weight excluding hydrogens is 265 g/mol. The summed E-state index contributed by atoms with van der Waals surface area (Å²) in [6, 6.07) is 5.09. The molecular formula is C10H11Cl2N3O2. The first-order valence-electron chi connectivity index (χ1n) is 4.77. The van der Waals surface area contributed by atoms with Crippen molar-refractivity contribution in [3.63, 3.8) is 0 Å². The Hall–Kier alpha value is -1.30. The molecule has 0 fully saturated rings. The lowest BCUT2D eigenvalue weighted by Crippen LogP contribution is -2.43. The number of nitrogens with two attached hydrogens (primary N) is 1. The maximum Gasteiger partial charge on any atom is 0.323 e. The van der Waals surface area contributed by atoms with Gasteiger partial charge in [0.2, 0.25) is 0 Å². The standard InChI is InChI=1S/C10H11Cl2N3O2/c11-7-2-1-6(8(12)5-7)3-4-14-9(16)10(17)15-13/h1-2,5H,3-4,13H2,(H,14,16)(H,15,17). The third kappa shape index (κ3) is 4.22. The SMILES string of the molecule is NNC(=O)C(=O)NCCc1ccc(Cl)cc1Cl. The highest BCUT2D eigenvalue weighted by molar-refractivity contribution is 6.35. The second-order valence-corrected chi connectivity index (χ2v) is 4.06. The lowest BCUT2D eigenvalue weighted by Gasteiger charge is -2.06. The fraction of sp³-hybridized carbons (Fsp3) is 0.200. The predicted octanol–water partition coefficient (Wildman–Crippen LogP) is 0.642. The molecule has 1 aromatic rings. The van der Waals surface area contributed by atoms with Gasteiger partial charge in [0.15, 0.2) is 0 Å². The van der Waals surface area contributed by atoms with Crippen LogP contribution in [0.15, 0.2) is 18.2 Å². The zero-order chi connectivity index (χ0) is 12.8. The molecule has 2 amide bonds. The van der Waals surface area contributed by atoms with E-state index in [-0.39, 0.29) is 6.54 Å². The van der Waals surface area contributed by atoms with E-state index in [0.717, 1.165) is 5.56 Å². The van der Waals surface area contributed by atoms with Gasteiger partial charge >= 0.3 is 11.8 Å². The number of carbonyl (C=O) groups excluding carboxylic acids is 2. The number of hydrogen-bond donors (Lipinski definition) is 3. The first-order valence-corrected chi connectivity index (χ1v) is 5.53. The zero-order valence-corrected chi connectivity index (χ0v) is 10.3. The summed E-state index contributed by atoms with van der Waals surface area (Å²) in [4.78, 5) is 21.8. The number of benzene rings is 1. The Kier molecular flexibility index (Phi) is 5.21. The van der Waals surface area contributed by atoms with Crippen molar-refractivity contribution in [1.82, 2.24) is 10.7 Å². The number of halogens is 2. The van der Waals surface area contributed by atoms with Crippen molar-refractivity contribution < 1.29 is 9.59 Å². The minimum absolute atomic E-state index is 0.285. The van der Waals surface area contributed by atoms with Gasteiger partial charge in [-0.15, -0.1) is 0 Å². The average Bonchev–Trinajstić information content (AvgIpc) is 2.30. The van der Waals surface area contributed by atoms with Crippen LogP contribution in [0.4, 0.5) is 0 Å². The Bertz CT molecular complexity index is 438. The summed E-state index contributed by atoms with van der Waals surface area (Å²) in [6.45, 7) is 0.285. The molecule has 0 bridgehead atoms.